The standard InChI is InChI=1S/C20H18F2N4O/c1-13-11-18(19(27)23-10-9-14-5-3-2-4-6-14)26-20(24-13)25-17-8-7-15(21)12-16(17)22/h2-8,11-12H,9-10H2,1H3,(H,23,27)(H,24,25,26). The van der Waals surface area contributed by atoms with Gasteiger partial charge < -0.3 is 10.6 Å². The van der Waals surface area contributed by atoms with E-state index in [0.717, 1.165) is 17.7 Å². The number of carbonyl (C=O) groups is 1. The number of anilines is 2. The normalized spacial score (nSPS) is 10.5. The lowest BCUT2D eigenvalue weighted by Crippen LogP contribution is -2.27. The first-order valence-electron chi connectivity index (χ1n) is 8.41. The van der Waals surface area contributed by atoms with Crippen molar-refractivity contribution in [3.8, 4) is 0 Å². The average molecular weight is 368 g/mol. The van der Waals surface area contributed by atoms with E-state index in [2.05, 4.69) is 20.6 Å². The third kappa shape index (κ3) is 5.07. The fourth-order valence-electron chi connectivity index (χ4n) is 2.51. The van der Waals surface area contributed by atoms with E-state index in [1.165, 1.54) is 6.07 Å². The molecule has 1 heterocycles. The predicted octanol–water partition coefficient (Wildman–Crippen LogP) is 3.78. The van der Waals surface area contributed by atoms with Gasteiger partial charge in [0, 0.05) is 18.3 Å². The Balaban J connectivity index is 1.67. The van der Waals surface area contributed by atoms with Crippen LogP contribution in [0.1, 0.15) is 21.7 Å². The molecule has 1 aromatic heterocycles. The summed E-state index contributed by atoms with van der Waals surface area (Å²) < 4.78 is 26.8. The molecule has 0 unspecified atom stereocenters. The van der Waals surface area contributed by atoms with Crippen molar-refractivity contribution in [1.29, 1.82) is 0 Å². The van der Waals surface area contributed by atoms with Crippen LogP contribution in [0.25, 0.3) is 0 Å². The van der Waals surface area contributed by atoms with Gasteiger partial charge in [-0.3, -0.25) is 4.79 Å². The third-order valence-electron chi connectivity index (χ3n) is 3.81. The number of carbonyl (C=O) groups excluding carboxylic acids is 1. The Morgan fingerprint density at radius 2 is 1.81 bits per heavy atom. The molecule has 2 N–H and O–H groups in total. The van der Waals surface area contributed by atoms with Crippen molar-refractivity contribution in [3.63, 3.8) is 0 Å². The second-order valence-electron chi connectivity index (χ2n) is 5.96. The summed E-state index contributed by atoms with van der Waals surface area (Å²) >= 11 is 0. The molecule has 27 heavy (non-hydrogen) atoms. The van der Waals surface area contributed by atoms with Crippen LogP contribution in [0, 0.1) is 18.6 Å². The molecule has 0 aliphatic heterocycles. The number of benzene rings is 2. The van der Waals surface area contributed by atoms with Crippen molar-refractivity contribution < 1.29 is 13.6 Å². The van der Waals surface area contributed by atoms with E-state index in [9.17, 15) is 13.6 Å². The van der Waals surface area contributed by atoms with Crippen molar-refractivity contribution in [2.75, 3.05) is 11.9 Å². The van der Waals surface area contributed by atoms with E-state index in [4.69, 9.17) is 0 Å². The number of aryl methyl sites for hydroxylation is 1. The maximum atomic E-state index is 13.8. The highest BCUT2D eigenvalue weighted by Gasteiger charge is 2.12. The maximum absolute atomic E-state index is 13.8. The van der Waals surface area contributed by atoms with E-state index < -0.39 is 11.6 Å². The number of nitrogens with zero attached hydrogens (tertiary/aromatic N) is 2. The average Bonchev–Trinajstić information content (AvgIpc) is 2.64. The molecule has 2 aromatic carbocycles. The fraction of sp³-hybridized carbons (Fsp3) is 0.150. The van der Waals surface area contributed by atoms with Gasteiger partial charge in [-0.2, -0.15) is 0 Å². The van der Waals surface area contributed by atoms with Gasteiger partial charge in [-0.1, -0.05) is 30.3 Å². The van der Waals surface area contributed by atoms with Crippen LogP contribution in [0.15, 0.2) is 54.6 Å². The van der Waals surface area contributed by atoms with Gasteiger partial charge >= 0.3 is 0 Å². The van der Waals surface area contributed by atoms with Gasteiger partial charge in [-0.05, 0) is 37.1 Å². The number of rotatable bonds is 6. The predicted molar refractivity (Wildman–Crippen MR) is 98.9 cm³/mol. The van der Waals surface area contributed by atoms with E-state index in [1.807, 2.05) is 30.3 Å². The molecule has 3 rings (SSSR count). The molecule has 3 aromatic rings. The van der Waals surface area contributed by atoms with Crippen molar-refractivity contribution in [2.24, 2.45) is 0 Å². The minimum Gasteiger partial charge on any atom is -0.350 e. The molecule has 5 nitrogen and oxygen atoms in total. The molecule has 0 radical (unpaired) electrons. The fourth-order valence-corrected chi connectivity index (χ4v) is 2.51. The molecule has 0 saturated carbocycles. The van der Waals surface area contributed by atoms with Crippen LogP contribution in [-0.2, 0) is 6.42 Å². The van der Waals surface area contributed by atoms with Crippen molar-refractivity contribution in [1.82, 2.24) is 15.3 Å². The molecule has 1 amide bonds. The van der Waals surface area contributed by atoms with Gasteiger partial charge in [-0.15, -0.1) is 0 Å². The highest BCUT2D eigenvalue weighted by Crippen LogP contribution is 2.19. The van der Waals surface area contributed by atoms with Gasteiger partial charge in [0.25, 0.3) is 5.91 Å². The lowest BCUT2D eigenvalue weighted by Gasteiger charge is -2.09. The topological polar surface area (TPSA) is 66.9 Å². The van der Waals surface area contributed by atoms with Crippen LogP contribution in [0.3, 0.4) is 0 Å². The van der Waals surface area contributed by atoms with Gasteiger partial charge in [0.2, 0.25) is 5.95 Å². The monoisotopic (exact) mass is 368 g/mol. The Kier molecular flexibility index (Phi) is 5.71. The minimum absolute atomic E-state index is 0.0254. The molecular formula is C20H18F2N4O. The van der Waals surface area contributed by atoms with E-state index in [-0.39, 0.29) is 23.2 Å². The molecule has 0 atom stereocenters. The molecule has 0 spiro atoms. The number of amides is 1. The molecule has 0 bridgehead atoms. The van der Waals surface area contributed by atoms with Crippen LogP contribution >= 0.6 is 0 Å². The lowest BCUT2D eigenvalue weighted by molar-refractivity contribution is 0.0949. The second kappa shape index (κ2) is 8.35. The van der Waals surface area contributed by atoms with Crippen LogP contribution in [0.2, 0.25) is 0 Å². The van der Waals surface area contributed by atoms with E-state index >= 15 is 0 Å². The summed E-state index contributed by atoms with van der Waals surface area (Å²) in [6.45, 7) is 2.16. The van der Waals surface area contributed by atoms with E-state index in [1.54, 1.807) is 13.0 Å². The van der Waals surface area contributed by atoms with Crippen molar-refractivity contribution in [2.45, 2.75) is 13.3 Å². The zero-order valence-electron chi connectivity index (χ0n) is 14.7. The summed E-state index contributed by atoms with van der Waals surface area (Å²) in [6.07, 6.45) is 0.697. The summed E-state index contributed by atoms with van der Waals surface area (Å²) in [5, 5.41) is 5.48. The zero-order valence-corrected chi connectivity index (χ0v) is 14.7. The smallest absolute Gasteiger partial charge is 0.270 e. The first-order chi connectivity index (χ1) is 13.0. The van der Waals surface area contributed by atoms with Gasteiger partial charge in [0.05, 0.1) is 5.69 Å². The van der Waals surface area contributed by atoms with Gasteiger partial charge in [0.1, 0.15) is 17.3 Å². The molecule has 0 fully saturated rings. The third-order valence-corrected chi connectivity index (χ3v) is 3.81. The molecule has 0 aliphatic rings. The maximum Gasteiger partial charge on any atom is 0.270 e. The Bertz CT molecular complexity index is 948. The number of halogens is 2. The summed E-state index contributed by atoms with van der Waals surface area (Å²) in [6, 6.07) is 14.5. The second-order valence-corrected chi connectivity index (χ2v) is 5.96. The minimum atomic E-state index is -0.769. The van der Waals surface area contributed by atoms with Crippen molar-refractivity contribution >= 4 is 17.5 Å². The summed E-state index contributed by atoms with van der Waals surface area (Å²) in [5.41, 5.74) is 1.85. The highest BCUT2D eigenvalue weighted by molar-refractivity contribution is 5.92. The van der Waals surface area contributed by atoms with Gasteiger partial charge in [0.15, 0.2) is 0 Å². The van der Waals surface area contributed by atoms with Crippen LogP contribution in [0.5, 0.6) is 0 Å². The molecule has 138 valence electrons. The quantitative estimate of drug-likeness (QED) is 0.695. The van der Waals surface area contributed by atoms with Crippen LogP contribution < -0.4 is 10.6 Å². The lowest BCUT2D eigenvalue weighted by atomic mass is 10.1. The van der Waals surface area contributed by atoms with Crippen LogP contribution in [-0.4, -0.2) is 22.4 Å². The first kappa shape index (κ1) is 18.4. The van der Waals surface area contributed by atoms with E-state index in [0.29, 0.717) is 18.7 Å². The Morgan fingerprint density at radius 3 is 2.56 bits per heavy atom. The number of hydrogen-bond donors (Lipinski definition) is 2. The summed E-state index contributed by atoms with van der Waals surface area (Å²) in [7, 11) is 0. The molecule has 0 aliphatic carbocycles. The Labute approximate surface area is 155 Å². The van der Waals surface area contributed by atoms with Crippen LogP contribution in [0.4, 0.5) is 20.4 Å². The number of hydrogen-bond acceptors (Lipinski definition) is 4. The molecule has 0 saturated heterocycles. The number of nitrogens with one attached hydrogen (secondary N) is 2. The number of aromatic nitrogens is 2. The zero-order chi connectivity index (χ0) is 19.2. The Hall–Kier alpha value is -3.35. The largest absolute Gasteiger partial charge is 0.350 e. The summed E-state index contributed by atoms with van der Waals surface area (Å²) in [4.78, 5) is 20.6. The van der Waals surface area contributed by atoms with Crippen molar-refractivity contribution in [3.05, 3.63) is 83.2 Å². The molecular weight excluding hydrogens is 350 g/mol. The SMILES string of the molecule is Cc1cc(C(=O)NCCc2ccccc2)nc(Nc2ccc(F)cc2F)n1. The molecule has 7 heteroatoms. The first-order valence-corrected chi connectivity index (χ1v) is 8.41. The van der Waals surface area contributed by atoms with Gasteiger partial charge in [-0.25, -0.2) is 18.7 Å². The Morgan fingerprint density at radius 1 is 1.04 bits per heavy atom. The highest BCUT2D eigenvalue weighted by atomic mass is 19.1. The summed E-state index contributed by atoms with van der Waals surface area (Å²) in [5.74, 6) is -1.73.